The molecule has 0 saturated heterocycles. The lowest BCUT2D eigenvalue weighted by atomic mass is 10.0. The zero-order valence-corrected chi connectivity index (χ0v) is 16.8. The predicted octanol–water partition coefficient (Wildman–Crippen LogP) is 3.90. The Morgan fingerprint density at radius 3 is 2.67 bits per heavy atom. The highest BCUT2D eigenvalue weighted by Crippen LogP contribution is 2.34. The molecule has 0 bridgehead atoms. The number of carbonyl (C=O) groups excluding carboxylic acids is 1. The van der Waals surface area contributed by atoms with Crippen LogP contribution in [0.4, 0.5) is 13.6 Å². The maximum atomic E-state index is 12.7. The summed E-state index contributed by atoms with van der Waals surface area (Å²) in [7, 11) is 5.33. The van der Waals surface area contributed by atoms with Crippen LogP contribution in [0.1, 0.15) is 25.3 Å². The molecule has 0 aliphatic carbocycles. The molecule has 9 heteroatoms. The average molecular weight is 401 g/mol. The lowest BCUT2D eigenvalue weighted by molar-refractivity contribution is -0.0512. The molecule has 2 rings (SSSR count). The van der Waals surface area contributed by atoms with Crippen LogP contribution in [-0.2, 0) is 0 Å². The topological polar surface area (TPSA) is 54.4 Å². The third kappa shape index (κ3) is 5.80. The second-order valence-electron chi connectivity index (χ2n) is 6.29. The molecule has 1 aromatic rings. The molecule has 1 aliphatic heterocycles. The second kappa shape index (κ2) is 9.89. The van der Waals surface area contributed by atoms with Gasteiger partial charge in [-0.3, -0.25) is 4.79 Å². The number of hydrazone groups is 1. The standard InChI is InChI=1S/C18H25F2N3O3S/c1-5-15-16(21-23(18(24)27-15)10-6-9-22(2)3)12-7-8-13(25-4)14(11-12)26-17(19)20/h7-8,11,15,17H,5-6,9-10H2,1-4H3. The number of ether oxygens (including phenoxy) is 2. The fourth-order valence-corrected chi connectivity index (χ4v) is 3.65. The van der Waals surface area contributed by atoms with Gasteiger partial charge in [0, 0.05) is 12.1 Å². The van der Waals surface area contributed by atoms with Crippen molar-refractivity contribution in [2.24, 2.45) is 5.10 Å². The van der Waals surface area contributed by atoms with Gasteiger partial charge in [-0.25, -0.2) is 5.01 Å². The smallest absolute Gasteiger partial charge is 0.387 e. The number of methoxy groups -OCH3 is 1. The SMILES string of the molecule is CCC1SC(=O)N(CCCN(C)C)N=C1c1ccc(OC)c(OC(F)F)c1. The highest BCUT2D eigenvalue weighted by molar-refractivity contribution is 8.14. The number of rotatable bonds is 9. The molecular weight excluding hydrogens is 376 g/mol. The van der Waals surface area contributed by atoms with Crippen LogP contribution in [0, 0.1) is 0 Å². The summed E-state index contributed by atoms with van der Waals surface area (Å²) < 4.78 is 35.1. The summed E-state index contributed by atoms with van der Waals surface area (Å²) in [6, 6.07) is 4.80. The van der Waals surface area contributed by atoms with Gasteiger partial charge in [0.25, 0.3) is 0 Å². The molecule has 0 saturated carbocycles. The number of amides is 1. The Morgan fingerprint density at radius 2 is 2.07 bits per heavy atom. The van der Waals surface area contributed by atoms with E-state index in [0.717, 1.165) is 13.0 Å². The Morgan fingerprint density at radius 1 is 1.33 bits per heavy atom. The first-order valence-electron chi connectivity index (χ1n) is 8.70. The van der Waals surface area contributed by atoms with Gasteiger partial charge in [0.05, 0.1) is 18.1 Å². The fraction of sp³-hybridized carbons (Fsp3) is 0.556. The molecule has 0 N–H and O–H groups in total. The molecular formula is C18H25F2N3O3S. The van der Waals surface area contributed by atoms with E-state index in [-0.39, 0.29) is 22.0 Å². The van der Waals surface area contributed by atoms with Gasteiger partial charge in [-0.15, -0.1) is 0 Å². The third-order valence-electron chi connectivity index (χ3n) is 4.01. The molecule has 1 amide bonds. The molecule has 6 nitrogen and oxygen atoms in total. The van der Waals surface area contributed by atoms with Gasteiger partial charge < -0.3 is 14.4 Å². The van der Waals surface area contributed by atoms with E-state index >= 15 is 0 Å². The normalized spacial score (nSPS) is 17.5. The minimum absolute atomic E-state index is 0.0522. The van der Waals surface area contributed by atoms with Crippen molar-refractivity contribution in [3.63, 3.8) is 0 Å². The van der Waals surface area contributed by atoms with Gasteiger partial charge in [0.1, 0.15) is 0 Å². The van der Waals surface area contributed by atoms with Crippen LogP contribution in [-0.4, -0.2) is 67.0 Å². The first kappa shape index (κ1) is 21.4. The lowest BCUT2D eigenvalue weighted by Gasteiger charge is -2.29. The van der Waals surface area contributed by atoms with E-state index in [1.54, 1.807) is 12.1 Å². The molecule has 0 aromatic heterocycles. The van der Waals surface area contributed by atoms with Crippen molar-refractivity contribution in [2.45, 2.75) is 31.6 Å². The Labute approximate surface area is 162 Å². The van der Waals surface area contributed by atoms with Crippen LogP contribution in [0.3, 0.4) is 0 Å². The number of alkyl halides is 2. The maximum Gasteiger partial charge on any atom is 0.387 e. The van der Waals surface area contributed by atoms with Crippen molar-refractivity contribution < 1.29 is 23.0 Å². The number of hydrogen-bond donors (Lipinski definition) is 0. The van der Waals surface area contributed by atoms with E-state index in [4.69, 9.17) is 4.74 Å². The summed E-state index contributed by atoms with van der Waals surface area (Å²) in [5.74, 6) is 0.165. The molecule has 1 aromatic carbocycles. The molecule has 1 heterocycles. The molecule has 0 spiro atoms. The minimum atomic E-state index is -2.96. The molecule has 27 heavy (non-hydrogen) atoms. The van der Waals surface area contributed by atoms with Gasteiger partial charge in [-0.2, -0.15) is 13.9 Å². The average Bonchev–Trinajstić information content (AvgIpc) is 2.62. The number of benzene rings is 1. The quantitative estimate of drug-likeness (QED) is 0.628. The molecule has 1 aliphatic rings. The molecule has 0 radical (unpaired) electrons. The van der Waals surface area contributed by atoms with E-state index in [2.05, 4.69) is 9.84 Å². The Bertz CT molecular complexity index is 686. The zero-order chi connectivity index (χ0) is 20.0. The second-order valence-corrected chi connectivity index (χ2v) is 7.44. The van der Waals surface area contributed by atoms with Crippen LogP contribution < -0.4 is 9.47 Å². The summed E-state index contributed by atoms with van der Waals surface area (Å²) >= 11 is 1.21. The Balaban J connectivity index is 2.32. The summed E-state index contributed by atoms with van der Waals surface area (Å²) in [4.78, 5) is 14.4. The summed E-state index contributed by atoms with van der Waals surface area (Å²) in [6.45, 7) is 0.344. The monoisotopic (exact) mass is 401 g/mol. The summed E-state index contributed by atoms with van der Waals surface area (Å²) in [6.07, 6.45) is 1.48. The van der Waals surface area contributed by atoms with Gasteiger partial charge in [-0.1, -0.05) is 18.7 Å². The Hall–Kier alpha value is -1.87. The minimum Gasteiger partial charge on any atom is -0.493 e. The zero-order valence-electron chi connectivity index (χ0n) is 15.9. The van der Waals surface area contributed by atoms with Gasteiger partial charge in [0.2, 0.25) is 0 Å². The van der Waals surface area contributed by atoms with Gasteiger partial charge in [0.15, 0.2) is 11.5 Å². The van der Waals surface area contributed by atoms with E-state index in [1.165, 1.54) is 29.9 Å². The van der Waals surface area contributed by atoms with Crippen LogP contribution in [0.2, 0.25) is 0 Å². The first-order valence-corrected chi connectivity index (χ1v) is 9.58. The van der Waals surface area contributed by atoms with Crippen molar-refractivity contribution in [3.05, 3.63) is 23.8 Å². The highest BCUT2D eigenvalue weighted by Gasteiger charge is 2.30. The van der Waals surface area contributed by atoms with Crippen molar-refractivity contribution in [3.8, 4) is 11.5 Å². The maximum absolute atomic E-state index is 12.7. The van der Waals surface area contributed by atoms with Crippen LogP contribution in [0.15, 0.2) is 23.3 Å². The van der Waals surface area contributed by atoms with Crippen molar-refractivity contribution in [1.82, 2.24) is 9.91 Å². The number of thioether (sulfide) groups is 1. The van der Waals surface area contributed by atoms with Crippen molar-refractivity contribution in [2.75, 3.05) is 34.3 Å². The van der Waals surface area contributed by atoms with E-state index in [1.807, 2.05) is 25.9 Å². The van der Waals surface area contributed by atoms with Gasteiger partial charge in [-0.05, 0) is 51.7 Å². The number of nitrogens with zero attached hydrogens (tertiary/aromatic N) is 3. The number of carbonyl (C=O) groups is 1. The third-order valence-corrected chi connectivity index (χ3v) is 5.26. The molecule has 150 valence electrons. The molecule has 1 unspecified atom stereocenters. The first-order chi connectivity index (χ1) is 12.8. The number of hydrogen-bond acceptors (Lipinski definition) is 6. The van der Waals surface area contributed by atoms with Crippen molar-refractivity contribution >= 4 is 22.7 Å². The largest absolute Gasteiger partial charge is 0.493 e. The highest BCUT2D eigenvalue weighted by atomic mass is 32.2. The van der Waals surface area contributed by atoms with E-state index < -0.39 is 6.61 Å². The van der Waals surface area contributed by atoms with Crippen molar-refractivity contribution in [1.29, 1.82) is 0 Å². The summed E-state index contributed by atoms with van der Waals surface area (Å²) in [5, 5.41) is 5.75. The fourth-order valence-electron chi connectivity index (χ4n) is 2.70. The van der Waals surface area contributed by atoms with Gasteiger partial charge >= 0.3 is 11.9 Å². The van der Waals surface area contributed by atoms with Crippen LogP contribution in [0.5, 0.6) is 11.5 Å². The van der Waals surface area contributed by atoms with Crippen LogP contribution in [0.25, 0.3) is 0 Å². The number of halogens is 2. The van der Waals surface area contributed by atoms with E-state index in [9.17, 15) is 13.6 Å². The summed E-state index contributed by atoms with van der Waals surface area (Å²) in [5.41, 5.74) is 1.31. The predicted molar refractivity (Wildman–Crippen MR) is 103 cm³/mol. The molecule has 1 atom stereocenters. The van der Waals surface area contributed by atoms with Crippen LogP contribution >= 0.6 is 11.8 Å². The Kier molecular flexibility index (Phi) is 7.85. The van der Waals surface area contributed by atoms with E-state index in [0.29, 0.717) is 24.2 Å². The molecule has 0 fully saturated rings. The lowest BCUT2D eigenvalue weighted by Crippen LogP contribution is -2.36.